The van der Waals surface area contributed by atoms with E-state index in [0.717, 1.165) is 37.4 Å². The van der Waals surface area contributed by atoms with E-state index in [-0.39, 0.29) is 23.7 Å². The van der Waals surface area contributed by atoms with Crippen molar-refractivity contribution in [2.75, 3.05) is 20.1 Å². The van der Waals surface area contributed by atoms with E-state index in [9.17, 15) is 15.0 Å². The molecule has 3 fully saturated rings. The molecule has 2 bridgehead atoms. The first-order chi connectivity index (χ1) is 16.8. The van der Waals surface area contributed by atoms with Crippen LogP contribution in [0.4, 0.5) is 0 Å². The van der Waals surface area contributed by atoms with Crippen molar-refractivity contribution in [2.24, 2.45) is 5.92 Å². The van der Waals surface area contributed by atoms with Crippen molar-refractivity contribution in [3.8, 4) is 11.5 Å². The number of phenolic OH excluding ortho intramolecular Hbond substituents is 1. The number of hydrogen-bond acceptors (Lipinski definition) is 5. The number of piperidine rings is 1. The Labute approximate surface area is 210 Å². The van der Waals surface area contributed by atoms with E-state index in [1.165, 1.54) is 18.4 Å². The van der Waals surface area contributed by atoms with Crippen LogP contribution in [-0.4, -0.2) is 69.8 Å². The molecule has 2 aromatic carbocycles. The number of likely N-dealkylation sites (tertiary alicyclic amines) is 1. The second-order valence-corrected chi connectivity index (χ2v) is 11.8. The standard InChI is InChI=1S/C28H31ClN2O4/c1-30(26(33)17-4-7-19(29)8-5-17)20-10-11-28(34)22-14-18-6-9-21(32)24-23(18)27(28,25(20)35-24)12-13-31(22)15-16-2-3-16/h4-9,16,20,22,25,32,34H,2-3,10-15H2,1H3/t20-,22+,25-,27?,28+/m0/s1. The van der Waals surface area contributed by atoms with Crippen molar-refractivity contribution in [3.63, 3.8) is 0 Å². The van der Waals surface area contributed by atoms with Gasteiger partial charge in [0.1, 0.15) is 6.10 Å². The lowest BCUT2D eigenvalue weighted by molar-refractivity contribution is -0.197. The monoisotopic (exact) mass is 494 g/mol. The van der Waals surface area contributed by atoms with E-state index in [4.69, 9.17) is 16.3 Å². The molecule has 3 aliphatic carbocycles. The Kier molecular flexibility index (Phi) is 4.63. The number of aliphatic hydroxyl groups is 1. The number of halogens is 1. The predicted octanol–water partition coefficient (Wildman–Crippen LogP) is 3.75. The molecule has 7 heteroatoms. The van der Waals surface area contributed by atoms with Crippen molar-refractivity contribution in [3.05, 3.63) is 58.1 Å². The molecule has 2 aliphatic heterocycles. The fourth-order valence-corrected chi connectivity index (χ4v) is 7.92. The van der Waals surface area contributed by atoms with E-state index in [1.807, 2.05) is 13.1 Å². The first-order valence-corrected chi connectivity index (χ1v) is 13.2. The summed E-state index contributed by atoms with van der Waals surface area (Å²) in [5.41, 5.74) is 1.16. The van der Waals surface area contributed by atoms with Gasteiger partial charge >= 0.3 is 0 Å². The average Bonchev–Trinajstić information content (AvgIpc) is 3.59. The summed E-state index contributed by atoms with van der Waals surface area (Å²) in [6.45, 7) is 1.95. The highest BCUT2D eigenvalue weighted by Crippen LogP contribution is 2.66. The van der Waals surface area contributed by atoms with Crippen LogP contribution in [0, 0.1) is 5.92 Å². The first-order valence-electron chi connectivity index (χ1n) is 12.8. The zero-order valence-corrected chi connectivity index (χ0v) is 20.7. The Hall–Kier alpha value is -2.28. The number of phenols is 1. The van der Waals surface area contributed by atoms with Gasteiger partial charge in [0.2, 0.25) is 0 Å². The van der Waals surface area contributed by atoms with Crippen LogP contribution in [0.2, 0.25) is 5.02 Å². The molecule has 1 amide bonds. The van der Waals surface area contributed by atoms with E-state index in [0.29, 0.717) is 29.2 Å². The summed E-state index contributed by atoms with van der Waals surface area (Å²) >= 11 is 6.04. The Morgan fingerprint density at radius 2 is 1.94 bits per heavy atom. The third-order valence-corrected chi connectivity index (χ3v) is 9.89. The Morgan fingerprint density at radius 1 is 1.17 bits per heavy atom. The van der Waals surface area contributed by atoms with Crippen LogP contribution >= 0.6 is 11.6 Å². The van der Waals surface area contributed by atoms with Crippen molar-refractivity contribution < 1.29 is 19.7 Å². The van der Waals surface area contributed by atoms with Crippen LogP contribution in [0.15, 0.2) is 36.4 Å². The summed E-state index contributed by atoms with van der Waals surface area (Å²) in [6, 6.07) is 10.5. The number of hydrogen-bond donors (Lipinski definition) is 2. The van der Waals surface area contributed by atoms with Crippen LogP contribution in [0.25, 0.3) is 0 Å². The highest BCUT2D eigenvalue weighted by molar-refractivity contribution is 6.30. The molecule has 7 rings (SSSR count). The molecule has 6 nitrogen and oxygen atoms in total. The number of aromatic hydroxyl groups is 1. The van der Waals surface area contributed by atoms with Crippen LogP contribution in [-0.2, 0) is 11.8 Å². The minimum Gasteiger partial charge on any atom is -0.504 e. The van der Waals surface area contributed by atoms with E-state index >= 15 is 0 Å². The highest BCUT2D eigenvalue weighted by atomic mass is 35.5. The molecule has 35 heavy (non-hydrogen) atoms. The Bertz CT molecular complexity index is 1210. The average molecular weight is 495 g/mol. The second-order valence-electron chi connectivity index (χ2n) is 11.3. The van der Waals surface area contributed by atoms with E-state index in [2.05, 4.69) is 4.90 Å². The van der Waals surface area contributed by atoms with Gasteiger partial charge in [0.15, 0.2) is 11.5 Å². The topological polar surface area (TPSA) is 73.2 Å². The van der Waals surface area contributed by atoms with Crippen LogP contribution in [0.3, 0.4) is 0 Å². The number of rotatable bonds is 4. The summed E-state index contributed by atoms with van der Waals surface area (Å²) in [4.78, 5) is 17.8. The quantitative estimate of drug-likeness (QED) is 0.677. The fraction of sp³-hybridized carbons (Fsp3) is 0.536. The number of carbonyl (C=O) groups is 1. The van der Waals surface area contributed by atoms with Gasteiger partial charge in [-0.05, 0) is 86.9 Å². The summed E-state index contributed by atoms with van der Waals surface area (Å²) < 4.78 is 6.60. The number of nitrogens with zero attached hydrogens (tertiary/aromatic N) is 2. The maximum Gasteiger partial charge on any atom is 0.253 e. The molecule has 2 saturated carbocycles. The molecule has 0 aromatic heterocycles. The lowest BCUT2D eigenvalue weighted by atomic mass is 9.48. The van der Waals surface area contributed by atoms with Crippen molar-refractivity contribution in [2.45, 2.75) is 67.7 Å². The second kappa shape index (κ2) is 7.37. The molecule has 1 spiro atoms. The summed E-state index contributed by atoms with van der Waals surface area (Å²) in [7, 11) is 1.83. The number of likely N-dealkylation sites (N-methyl/N-ethyl adjacent to an activating group) is 1. The molecule has 5 aliphatic rings. The lowest BCUT2D eigenvalue weighted by Gasteiger charge is -2.64. The zero-order chi connectivity index (χ0) is 24.1. The number of ether oxygens (including phenoxy) is 1. The van der Waals surface area contributed by atoms with Gasteiger partial charge in [-0.15, -0.1) is 0 Å². The SMILES string of the molecule is CN(C(=O)c1ccc(Cl)cc1)[C@H]1CC[C@@]2(O)[C@H]3Cc4ccc(O)c5c4C2(CCN3CC2CC2)[C@H]1O5. The maximum absolute atomic E-state index is 13.5. The van der Waals surface area contributed by atoms with Crippen molar-refractivity contribution in [1.82, 2.24) is 9.80 Å². The Morgan fingerprint density at radius 3 is 2.69 bits per heavy atom. The van der Waals surface area contributed by atoms with Gasteiger partial charge in [0, 0.05) is 35.8 Å². The smallest absolute Gasteiger partial charge is 0.253 e. The maximum atomic E-state index is 13.5. The van der Waals surface area contributed by atoms with Crippen molar-refractivity contribution >= 4 is 17.5 Å². The molecule has 2 N–H and O–H groups in total. The minimum absolute atomic E-state index is 0.0316. The molecule has 0 radical (unpaired) electrons. The zero-order valence-electron chi connectivity index (χ0n) is 19.9. The third kappa shape index (κ3) is 2.87. The van der Waals surface area contributed by atoms with Crippen LogP contribution in [0.1, 0.15) is 53.6 Å². The molecular weight excluding hydrogens is 464 g/mol. The summed E-state index contributed by atoms with van der Waals surface area (Å²) in [5.74, 6) is 1.30. The Balaban J connectivity index is 1.31. The molecule has 1 unspecified atom stereocenters. The van der Waals surface area contributed by atoms with Gasteiger partial charge in [-0.3, -0.25) is 9.69 Å². The molecule has 5 atom stereocenters. The van der Waals surface area contributed by atoms with Crippen molar-refractivity contribution in [1.29, 1.82) is 0 Å². The van der Waals surface area contributed by atoms with E-state index in [1.54, 1.807) is 35.2 Å². The number of amides is 1. The van der Waals surface area contributed by atoms with Gasteiger partial charge in [-0.2, -0.15) is 0 Å². The normalized spacial score (nSPS) is 34.8. The third-order valence-electron chi connectivity index (χ3n) is 9.64. The van der Waals surface area contributed by atoms with Gasteiger partial charge < -0.3 is 19.8 Å². The first kappa shape index (κ1) is 22.0. The summed E-state index contributed by atoms with van der Waals surface area (Å²) in [5, 5.41) is 24.0. The van der Waals surface area contributed by atoms with Gasteiger partial charge in [0.05, 0.1) is 17.1 Å². The minimum atomic E-state index is -0.947. The molecular formula is C28H31ClN2O4. The largest absolute Gasteiger partial charge is 0.504 e. The molecule has 184 valence electrons. The van der Waals surface area contributed by atoms with Gasteiger partial charge in [-0.1, -0.05) is 17.7 Å². The number of carbonyl (C=O) groups excluding carboxylic acids is 1. The van der Waals surface area contributed by atoms with E-state index < -0.39 is 17.1 Å². The number of benzene rings is 2. The molecule has 2 aromatic rings. The fourth-order valence-electron chi connectivity index (χ4n) is 7.80. The van der Waals surface area contributed by atoms with Crippen LogP contribution < -0.4 is 4.74 Å². The van der Waals surface area contributed by atoms with Gasteiger partial charge in [0.25, 0.3) is 5.91 Å². The molecule has 2 heterocycles. The summed E-state index contributed by atoms with van der Waals surface area (Å²) in [6.07, 6.45) is 4.95. The van der Waals surface area contributed by atoms with Crippen LogP contribution in [0.5, 0.6) is 11.5 Å². The lowest BCUT2D eigenvalue weighted by Crippen LogP contribution is -2.78. The van der Waals surface area contributed by atoms with Gasteiger partial charge in [-0.25, -0.2) is 0 Å². The molecule has 1 saturated heterocycles. The predicted molar refractivity (Wildman–Crippen MR) is 132 cm³/mol. The highest BCUT2D eigenvalue weighted by Gasteiger charge is 2.73.